The second-order valence-electron chi connectivity index (χ2n) is 7.36. The number of benzene rings is 2. The first-order valence-electron chi connectivity index (χ1n) is 9.88. The fourth-order valence-electron chi connectivity index (χ4n) is 3.98. The zero-order valence-electron chi connectivity index (χ0n) is 16.4. The van der Waals surface area contributed by atoms with Gasteiger partial charge in [0.25, 0.3) is 0 Å². The zero-order valence-corrected chi connectivity index (χ0v) is 17.3. The Labute approximate surface area is 179 Å². The minimum absolute atomic E-state index is 0.220. The summed E-state index contributed by atoms with van der Waals surface area (Å²) in [4.78, 5) is 23.8. The molecule has 0 amide bonds. The van der Waals surface area contributed by atoms with Crippen molar-refractivity contribution in [3.05, 3.63) is 81.6 Å². The zero-order chi connectivity index (χ0) is 21.1. The third-order valence-electron chi connectivity index (χ3n) is 5.40. The number of ketones is 1. The predicted octanol–water partition coefficient (Wildman–Crippen LogP) is 6.19. The molecule has 0 spiro atoms. The van der Waals surface area contributed by atoms with Crippen molar-refractivity contribution < 1.29 is 4.79 Å². The molecule has 1 heterocycles. The van der Waals surface area contributed by atoms with Gasteiger partial charge >= 0.3 is 0 Å². The number of thiazole rings is 1. The monoisotopic (exact) mass is 412 g/mol. The average Bonchev–Trinajstić information content (AvgIpc) is 3.05. The molecule has 2 aliphatic rings. The van der Waals surface area contributed by atoms with Gasteiger partial charge in [0.1, 0.15) is 0 Å². The van der Waals surface area contributed by atoms with Crippen molar-refractivity contribution in [2.75, 3.05) is 5.73 Å². The molecule has 2 aromatic carbocycles. The summed E-state index contributed by atoms with van der Waals surface area (Å²) in [5.74, 6) is 0.220. The lowest BCUT2D eigenvalue weighted by Gasteiger charge is -2.14. The van der Waals surface area contributed by atoms with Gasteiger partial charge in [0.2, 0.25) is 0 Å². The molecule has 0 aliphatic heterocycles. The third kappa shape index (κ3) is 3.96. The fourth-order valence-corrected chi connectivity index (χ4v) is 4.92. The molecule has 30 heavy (non-hydrogen) atoms. The van der Waals surface area contributed by atoms with Crippen molar-refractivity contribution in [1.82, 2.24) is 4.98 Å². The topological polar surface area (TPSA) is 64.7 Å². The van der Waals surface area contributed by atoms with E-state index in [2.05, 4.69) is 14.7 Å². The Bertz CT molecular complexity index is 1210. The molecule has 0 saturated heterocycles. The van der Waals surface area contributed by atoms with Crippen LogP contribution < -0.4 is 5.73 Å². The van der Waals surface area contributed by atoms with Gasteiger partial charge in [-0.15, -0.1) is 0 Å². The van der Waals surface area contributed by atoms with E-state index in [1.807, 2.05) is 24.3 Å². The van der Waals surface area contributed by atoms with Gasteiger partial charge in [0, 0.05) is 12.0 Å². The first kappa shape index (κ1) is 19.8. The van der Waals surface area contributed by atoms with Crippen LogP contribution in [0.1, 0.15) is 46.4 Å². The van der Waals surface area contributed by atoms with Gasteiger partial charge in [-0.2, -0.15) is 0 Å². The summed E-state index contributed by atoms with van der Waals surface area (Å²) in [6.07, 6.45) is 5.58. The van der Waals surface area contributed by atoms with Crippen LogP contribution in [0, 0.1) is 13.1 Å². The number of carbonyl (C=O) groups is 1. The highest BCUT2D eigenvalue weighted by atomic mass is 32.1. The second kappa shape index (κ2) is 8.49. The first-order valence-corrected chi connectivity index (χ1v) is 10.7. The lowest BCUT2D eigenvalue weighted by atomic mass is 9.90. The number of rotatable bonds is 0. The molecule has 5 rings (SSSR count). The highest BCUT2D eigenvalue weighted by Gasteiger charge is 2.18. The number of fused-ring (bicyclic) bond motifs is 4. The van der Waals surface area contributed by atoms with Gasteiger partial charge in [-0.3, -0.25) is 4.79 Å². The minimum atomic E-state index is 0.220. The summed E-state index contributed by atoms with van der Waals surface area (Å²) in [7, 11) is 0. The molecule has 2 aliphatic carbocycles. The number of hydrogen-bond donors (Lipinski definition) is 1. The predicted molar refractivity (Wildman–Crippen MR) is 120 cm³/mol. The summed E-state index contributed by atoms with van der Waals surface area (Å²) in [5.41, 5.74) is 12.6. The van der Waals surface area contributed by atoms with E-state index in [0.717, 1.165) is 48.9 Å². The molecule has 5 nitrogen and oxygen atoms in total. The van der Waals surface area contributed by atoms with Gasteiger partial charge < -0.3 is 5.73 Å². The summed E-state index contributed by atoms with van der Waals surface area (Å²) in [6, 6.07) is 11.2. The lowest BCUT2D eigenvalue weighted by molar-refractivity contribution is 0.0972. The normalized spacial score (nSPS) is 14.0. The maximum atomic E-state index is 11.4. The van der Waals surface area contributed by atoms with E-state index in [0.29, 0.717) is 22.9 Å². The summed E-state index contributed by atoms with van der Waals surface area (Å²) >= 11 is 1.55. The molecule has 6 heteroatoms. The van der Waals surface area contributed by atoms with Crippen LogP contribution in [0.25, 0.3) is 20.1 Å². The number of hydrogen-bond acceptors (Lipinski definition) is 4. The van der Waals surface area contributed by atoms with Crippen LogP contribution in [0.5, 0.6) is 0 Å². The maximum Gasteiger partial charge on any atom is 0.187 e. The van der Waals surface area contributed by atoms with Gasteiger partial charge in [-0.05, 0) is 48.8 Å². The van der Waals surface area contributed by atoms with Crippen molar-refractivity contribution in [3.8, 4) is 10.4 Å². The highest BCUT2D eigenvalue weighted by Crippen LogP contribution is 2.39. The van der Waals surface area contributed by atoms with Crippen LogP contribution in [0.15, 0.2) is 36.4 Å². The van der Waals surface area contributed by atoms with Crippen molar-refractivity contribution in [1.29, 1.82) is 0 Å². The molecule has 2 N–H and O–H groups in total. The maximum absolute atomic E-state index is 11.4. The molecule has 148 valence electrons. The Morgan fingerprint density at radius 2 is 1.47 bits per heavy atom. The number of aryl methyl sites for hydroxylation is 3. The second-order valence-corrected chi connectivity index (χ2v) is 8.40. The van der Waals surface area contributed by atoms with Gasteiger partial charge in [-0.1, -0.05) is 47.7 Å². The largest absolute Gasteiger partial charge is 0.375 e. The lowest BCUT2D eigenvalue weighted by Crippen LogP contribution is -2.09. The standard InChI is InChI=1S/C13H11N3S.C11H9NO/c1-15-9-5-6-10-8(7-9)3-2-4-11-12(10)17-13(14)16-11;1-12-9-5-6-10-8(7-9)3-2-4-11(10)13/h5-7H,2-4H2,(H2,14,16);5-7H,2-4H2. The summed E-state index contributed by atoms with van der Waals surface area (Å²) in [5, 5.41) is 0.636. The molecule has 0 atom stereocenters. The van der Waals surface area contributed by atoms with E-state index in [9.17, 15) is 4.79 Å². The van der Waals surface area contributed by atoms with Crippen LogP contribution in [-0.4, -0.2) is 10.8 Å². The highest BCUT2D eigenvalue weighted by molar-refractivity contribution is 7.18. The van der Waals surface area contributed by atoms with Crippen LogP contribution in [-0.2, 0) is 19.3 Å². The number of Topliss-reactive ketones (excluding diaryl/α,β-unsaturated/α-hetero) is 1. The number of nitrogen functional groups attached to an aromatic ring is 1. The fraction of sp³-hybridized carbons (Fsp3) is 0.250. The number of anilines is 1. The molecule has 0 fully saturated rings. The van der Waals surface area contributed by atoms with Crippen LogP contribution in [0.4, 0.5) is 16.5 Å². The number of carbonyl (C=O) groups excluding carboxylic acids is 1. The van der Waals surface area contributed by atoms with Crippen molar-refractivity contribution in [2.24, 2.45) is 0 Å². The quantitative estimate of drug-likeness (QED) is 0.448. The van der Waals surface area contributed by atoms with Crippen molar-refractivity contribution in [2.45, 2.75) is 38.5 Å². The molecule has 0 unspecified atom stereocenters. The van der Waals surface area contributed by atoms with Crippen molar-refractivity contribution >= 4 is 33.6 Å². The van der Waals surface area contributed by atoms with E-state index in [-0.39, 0.29) is 5.78 Å². The van der Waals surface area contributed by atoms with Gasteiger partial charge in [-0.25, -0.2) is 14.7 Å². The Hall–Kier alpha value is -3.48. The molecular formula is C24H20N4OS. The molecule has 0 bridgehead atoms. The van der Waals surface area contributed by atoms with Gasteiger partial charge in [0.05, 0.1) is 23.7 Å². The van der Waals surface area contributed by atoms with E-state index in [1.54, 1.807) is 23.5 Å². The number of nitrogens with zero attached hydrogens (tertiary/aromatic N) is 3. The summed E-state index contributed by atoms with van der Waals surface area (Å²) < 4.78 is 0. The van der Waals surface area contributed by atoms with Crippen LogP contribution in [0.3, 0.4) is 0 Å². The van der Waals surface area contributed by atoms with E-state index in [1.165, 1.54) is 16.0 Å². The Morgan fingerprint density at radius 3 is 2.13 bits per heavy atom. The smallest absolute Gasteiger partial charge is 0.187 e. The van der Waals surface area contributed by atoms with E-state index >= 15 is 0 Å². The van der Waals surface area contributed by atoms with E-state index < -0.39 is 0 Å². The third-order valence-corrected chi connectivity index (χ3v) is 6.36. The minimum Gasteiger partial charge on any atom is -0.375 e. The average molecular weight is 413 g/mol. The van der Waals surface area contributed by atoms with Crippen LogP contribution >= 0.6 is 11.3 Å². The van der Waals surface area contributed by atoms with Crippen LogP contribution in [0.2, 0.25) is 0 Å². The first-order chi connectivity index (χ1) is 14.6. The summed E-state index contributed by atoms with van der Waals surface area (Å²) in [6.45, 7) is 13.9. The Kier molecular flexibility index (Phi) is 5.61. The van der Waals surface area contributed by atoms with Gasteiger partial charge in [0.15, 0.2) is 22.3 Å². The molecule has 1 aromatic heterocycles. The van der Waals surface area contributed by atoms with Crippen molar-refractivity contribution in [3.63, 3.8) is 0 Å². The molecule has 0 saturated carbocycles. The van der Waals surface area contributed by atoms with E-state index in [4.69, 9.17) is 18.9 Å². The Morgan fingerprint density at radius 1 is 0.867 bits per heavy atom. The number of nitrogens with two attached hydrogens (primary N) is 1. The number of aromatic nitrogens is 1. The molecule has 0 radical (unpaired) electrons. The molecule has 3 aromatic rings. The molecular weight excluding hydrogens is 392 g/mol. The Balaban J connectivity index is 0.000000151. The SMILES string of the molecule is [C-]#[N+]c1ccc2c(c1)CCCC2=O.[C-]#[N+]c1ccc2c(c1)CCCc1nc(N)sc1-2.